The number of rotatable bonds is 21. The monoisotopic (exact) mass is 580 g/mol. The molecule has 0 spiro atoms. The highest BCUT2D eigenvalue weighted by Crippen LogP contribution is 2.33. The summed E-state index contributed by atoms with van der Waals surface area (Å²) in [4.78, 5) is 50.5. The topological polar surface area (TPSA) is 148 Å². The standard InChI is InChI=1S/C28H40N2O11/c1-20(2)40-18-16-38-14-12-36-10-8-35-9-11-37-13-15-39-17-19-41-23-5-3-4-21-25(23)28(34)30(27(21)33)22-6-7-24(31)29-26(22)32/h3-5,20,22H,6-19H2,1-2H3,(H,29,31,32). The average molecular weight is 581 g/mol. The van der Waals surface area contributed by atoms with Gasteiger partial charge in [-0.3, -0.25) is 29.4 Å². The second-order valence-electron chi connectivity index (χ2n) is 9.46. The van der Waals surface area contributed by atoms with Gasteiger partial charge in [0.15, 0.2) is 0 Å². The van der Waals surface area contributed by atoms with E-state index in [4.69, 9.17) is 33.2 Å². The van der Waals surface area contributed by atoms with Crippen molar-refractivity contribution in [1.82, 2.24) is 10.2 Å². The Morgan fingerprint density at radius 2 is 1.29 bits per heavy atom. The number of imide groups is 2. The number of fused-ring (bicyclic) bond motifs is 1. The maximum Gasteiger partial charge on any atom is 0.266 e. The van der Waals surface area contributed by atoms with Crippen LogP contribution in [0.2, 0.25) is 0 Å². The summed E-state index contributed by atoms with van der Waals surface area (Å²) in [5.41, 5.74) is 0.272. The molecule has 41 heavy (non-hydrogen) atoms. The molecule has 1 fully saturated rings. The van der Waals surface area contributed by atoms with Crippen molar-refractivity contribution in [3.05, 3.63) is 29.3 Å². The first-order valence-corrected chi connectivity index (χ1v) is 13.9. The second-order valence-corrected chi connectivity index (χ2v) is 9.46. The molecule has 2 heterocycles. The van der Waals surface area contributed by atoms with Crippen molar-refractivity contribution in [2.75, 3.05) is 79.3 Å². The van der Waals surface area contributed by atoms with E-state index < -0.39 is 29.7 Å². The predicted molar refractivity (Wildman–Crippen MR) is 144 cm³/mol. The van der Waals surface area contributed by atoms with Gasteiger partial charge in [0.05, 0.1) is 89.9 Å². The zero-order chi connectivity index (χ0) is 29.5. The molecule has 228 valence electrons. The maximum absolute atomic E-state index is 13.0. The second kappa shape index (κ2) is 17.8. The highest BCUT2D eigenvalue weighted by Gasteiger charge is 2.45. The smallest absolute Gasteiger partial charge is 0.266 e. The number of ether oxygens (including phenoxy) is 7. The summed E-state index contributed by atoms with van der Waals surface area (Å²) >= 11 is 0. The molecule has 2 aliphatic heterocycles. The summed E-state index contributed by atoms with van der Waals surface area (Å²) in [5.74, 6) is -2.04. The van der Waals surface area contributed by atoms with E-state index in [0.717, 1.165) is 4.90 Å². The lowest BCUT2D eigenvalue weighted by Crippen LogP contribution is -2.54. The molecule has 0 aromatic heterocycles. The van der Waals surface area contributed by atoms with Crippen LogP contribution in [0.25, 0.3) is 0 Å². The molecule has 0 radical (unpaired) electrons. The van der Waals surface area contributed by atoms with Crippen LogP contribution in [0.4, 0.5) is 0 Å². The molecule has 0 saturated carbocycles. The molecule has 13 heteroatoms. The number of nitrogens with one attached hydrogen (secondary N) is 1. The summed E-state index contributed by atoms with van der Waals surface area (Å²) in [6, 6.07) is 3.68. The van der Waals surface area contributed by atoms with Gasteiger partial charge in [-0.05, 0) is 32.4 Å². The quantitative estimate of drug-likeness (QED) is 0.164. The Morgan fingerprint density at radius 3 is 1.83 bits per heavy atom. The lowest BCUT2D eigenvalue weighted by Gasteiger charge is -2.27. The molecule has 1 N–H and O–H groups in total. The van der Waals surface area contributed by atoms with E-state index in [9.17, 15) is 19.2 Å². The highest BCUT2D eigenvalue weighted by molar-refractivity contribution is 6.24. The Hall–Kier alpha value is -2.94. The van der Waals surface area contributed by atoms with E-state index in [1.807, 2.05) is 13.8 Å². The van der Waals surface area contributed by atoms with Crippen LogP contribution in [0.3, 0.4) is 0 Å². The molecule has 2 aliphatic rings. The summed E-state index contributed by atoms with van der Waals surface area (Å²) < 4.78 is 38.3. The largest absolute Gasteiger partial charge is 0.490 e. The number of benzene rings is 1. The molecule has 1 aromatic carbocycles. The Kier molecular flexibility index (Phi) is 14.1. The number of nitrogens with zero attached hydrogens (tertiary/aromatic N) is 1. The third-order valence-corrected chi connectivity index (χ3v) is 6.08. The molecule has 0 bridgehead atoms. The minimum Gasteiger partial charge on any atom is -0.490 e. The summed E-state index contributed by atoms with van der Waals surface area (Å²) in [7, 11) is 0. The van der Waals surface area contributed by atoms with Gasteiger partial charge in [0.2, 0.25) is 11.8 Å². The van der Waals surface area contributed by atoms with Gasteiger partial charge in [0, 0.05) is 6.42 Å². The fraction of sp³-hybridized carbons (Fsp3) is 0.643. The summed E-state index contributed by atoms with van der Waals surface area (Å²) in [5, 5.41) is 2.18. The Balaban J connectivity index is 1.20. The van der Waals surface area contributed by atoms with Gasteiger partial charge >= 0.3 is 0 Å². The highest BCUT2D eigenvalue weighted by atomic mass is 16.6. The molecule has 0 aliphatic carbocycles. The third-order valence-electron chi connectivity index (χ3n) is 6.08. The van der Waals surface area contributed by atoms with Gasteiger partial charge in [-0.15, -0.1) is 0 Å². The fourth-order valence-corrected chi connectivity index (χ4v) is 4.14. The van der Waals surface area contributed by atoms with Crippen molar-refractivity contribution in [2.24, 2.45) is 0 Å². The van der Waals surface area contributed by atoms with E-state index in [1.165, 1.54) is 6.07 Å². The Morgan fingerprint density at radius 1 is 0.756 bits per heavy atom. The number of hydrogen-bond acceptors (Lipinski definition) is 11. The number of amides is 4. The Labute approximate surface area is 239 Å². The molecular weight excluding hydrogens is 540 g/mol. The van der Waals surface area contributed by atoms with Crippen LogP contribution in [-0.4, -0.2) is 120 Å². The van der Waals surface area contributed by atoms with Crippen LogP contribution >= 0.6 is 0 Å². The number of piperidine rings is 1. The molecule has 13 nitrogen and oxygen atoms in total. The van der Waals surface area contributed by atoms with E-state index in [2.05, 4.69) is 5.32 Å². The molecule has 3 rings (SSSR count). The lowest BCUT2D eigenvalue weighted by atomic mass is 10.0. The van der Waals surface area contributed by atoms with E-state index in [-0.39, 0.29) is 49.0 Å². The minimum atomic E-state index is -1.03. The van der Waals surface area contributed by atoms with Crippen LogP contribution in [0.15, 0.2) is 18.2 Å². The van der Waals surface area contributed by atoms with Gasteiger partial charge in [0.25, 0.3) is 11.8 Å². The van der Waals surface area contributed by atoms with Crippen LogP contribution < -0.4 is 10.1 Å². The molecule has 1 unspecified atom stereocenters. The van der Waals surface area contributed by atoms with Crippen molar-refractivity contribution in [2.45, 2.75) is 38.8 Å². The van der Waals surface area contributed by atoms with E-state index in [1.54, 1.807) is 12.1 Å². The van der Waals surface area contributed by atoms with Crippen LogP contribution in [-0.2, 0) is 38.0 Å². The Bertz CT molecular complexity index is 1020. The fourth-order valence-electron chi connectivity index (χ4n) is 4.14. The van der Waals surface area contributed by atoms with Gasteiger partial charge < -0.3 is 33.2 Å². The van der Waals surface area contributed by atoms with Crippen molar-refractivity contribution in [3.63, 3.8) is 0 Å². The number of carbonyl (C=O) groups is 4. The first-order chi connectivity index (χ1) is 19.9. The number of hydrogen-bond donors (Lipinski definition) is 1. The van der Waals surface area contributed by atoms with Crippen molar-refractivity contribution < 1.29 is 52.3 Å². The van der Waals surface area contributed by atoms with E-state index in [0.29, 0.717) is 66.1 Å². The molecule has 4 amide bonds. The molecule has 1 saturated heterocycles. The molecule has 1 aromatic rings. The third kappa shape index (κ3) is 10.4. The van der Waals surface area contributed by atoms with Gasteiger partial charge in [0.1, 0.15) is 18.4 Å². The van der Waals surface area contributed by atoms with Crippen molar-refractivity contribution in [3.8, 4) is 5.75 Å². The SMILES string of the molecule is CC(C)OCCOCCOCCOCCOCCOCCOc1cccc2c1C(=O)N(C1CCC(=O)NC1=O)C2=O. The van der Waals surface area contributed by atoms with Crippen molar-refractivity contribution in [1.29, 1.82) is 0 Å². The zero-order valence-electron chi connectivity index (χ0n) is 23.7. The van der Waals surface area contributed by atoms with Crippen LogP contribution in [0.5, 0.6) is 5.75 Å². The summed E-state index contributed by atoms with van der Waals surface area (Å²) in [6.45, 7) is 9.06. The average Bonchev–Trinajstić information content (AvgIpc) is 3.20. The van der Waals surface area contributed by atoms with Crippen molar-refractivity contribution >= 4 is 23.6 Å². The summed E-state index contributed by atoms with van der Waals surface area (Å²) in [6.07, 6.45) is 0.356. The van der Waals surface area contributed by atoms with Gasteiger partial charge in [-0.2, -0.15) is 0 Å². The first-order valence-electron chi connectivity index (χ1n) is 13.9. The molecule has 1 atom stereocenters. The van der Waals surface area contributed by atoms with Crippen LogP contribution in [0, 0.1) is 0 Å². The normalized spacial score (nSPS) is 17.0. The minimum absolute atomic E-state index is 0.0579. The number of carbonyl (C=O) groups excluding carboxylic acids is 4. The van der Waals surface area contributed by atoms with Gasteiger partial charge in [-0.1, -0.05) is 6.07 Å². The van der Waals surface area contributed by atoms with E-state index >= 15 is 0 Å². The molecular formula is C28H40N2O11. The lowest BCUT2D eigenvalue weighted by molar-refractivity contribution is -0.136. The predicted octanol–water partition coefficient (Wildman–Crippen LogP) is 0.975. The van der Waals surface area contributed by atoms with Gasteiger partial charge in [-0.25, -0.2) is 0 Å². The first kappa shape index (κ1) is 32.6. The zero-order valence-corrected chi connectivity index (χ0v) is 23.7. The van der Waals surface area contributed by atoms with Crippen LogP contribution in [0.1, 0.15) is 47.4 Å². The maximum atomic E-state index is 13.0.